The molecule has 3 heterocycles. The predicted octanol–water partition coefficient (Wildman–Crippen LogP) is 2.85. The number of hydrogen-bond donors (Lipinski definition) is 1. The summed E-state index contributed by atoms with van der Waals surface area (Å²) < 4.78 is 12.4. The number of rotatable bonds is 2. The summed E-state index contributed by atoms with van der Waals surface area (Å²) in [5.74, 6) is -0.648. The van der Waals surface area contributed by atoms with Crippen molar-refractivity contribution in [3.8, 4) is 0 Å². The van der Waals surface area contributed by atoms with Crippen molar-refractivity contribution in [1.82, 2.24) is 19.5 Å². The lowest BCUT2D eigenvalue weighted by atomic mass is 9.90. The predicted molar refractivity (Wildman–Crippen MR) is 110 cm³/mol. The van der Waals surface area contributed by atoms with Gasteiger partial charge in [0.2, 0.25) is 0 Å². The van der Waals surface area contributed by atoms with Crippen molar-refractivity contribution in [2.75, 3.05) is 6.54 Å². The number of carbonyl (C=O) groups is 2. The van der Waals surface area contributed by atoms with Crippen LogP contribution in [-0.2, 0) is 14.3 Å². The summed E-state index contributed by atoms with van der Waals surface area (Å²) in [5, 5.41) is 2.81. The topological polar surface area (TPSA) is 106 Å². The largest absolute Gasteiger partial charge is 0.458 e. The molecular formula is C21H30N4O5. The maximum Gasteiger partial charge on any atom is 0.411 e. The van der Waals surface area contributed by atoms with Crippen molar-refractivity contribution in [3.05, 3.63) is 34.4 Å². The molecule has 9 heteroatoms. The van der Waals surface area contributed by atoms with Gasteiger partial charge < -0.3 is 9.47 Å². The van der Waals surface area contributed by atoms with Gasteiger partial charge in [-0.3, -0.25) is 14.8 Å². The van der Waals surface area contributed by atoms with E-state index in [9.17, 15) is 14.4 Å². The molecule has 2 atom stereocenters. The Hall–Kier alpha value is -2.84. The summed E-state index contributed by atoms with van der Waals surface area (Å²) in [4.78, 5) is 44.0. The zero-order valence-corrected chi connectivity index (χ0v) is 18.4. The number of nitrogens with one attached hydrogen (secondary N) is 1. The minimum Gasteiger partial charge on any atom is -0.458 e. The Labute approximate surface area is 175 Å². The maximum absolute atomic E-state index is 12.9. The van der Waals surface area contributed by atoms with E-state index in [1.54, 1.807) is 53.8 Å². The Bertz CT molecular complexity index is 995. The van der Waals surface area contributed by atoms with E-state index >= 15 is 0 Å². The molecule has 2 aromatic heterocycles. The molecule has 0 saturated carbocycles. The van der Waals surface area contributed by atoms with Gasteiger partial charge in [-0.15, -0.1) is 0 Å². The smallest absolute Gasteiger partial charge is 0.411 e. The number of aromatic nitrogens is 3. The van der Waals surface area contributed by atoms with Crippen LogP contribution in [0.4, 0.5) is 4.79 Å². The van der Waals surface area contributed by atoms with Crippen molar-refractivity contribution < 1.29 is 19.1 Å². The third-order valence-corrected chi connectivity index (χ3v) is 4.71. The molecule has 2 unspecified atom stereocenters. The van der Waals surface area contributed by atoms with Crippen LogP contribution < -0.4 is 5.56 Å². The number of nitrogens with zero attached hydrogens (tertiary/aromatic N) is 3. The first kappa shape index (κ1) is 21.9. The van der Waals surface area contributed by atoms with E-state index in [1.165, 1.54) is 15.5 Å². The first-order valence-corrected chi connectivity index (χ1v) is 10.1. The molecule has 0 aliphatic carbocycles. The highest BCUT2D eigenvalue weighted by atomic mass is 16.6. The second-order valence-corrected chi connectivity index (χ2v) is 9.63. The Balaban J connectivity index is 1.89. The van der Waals surface area contributed by atoms with Crippen LogP contribution in [0.25, 0.3) is 5.65 Å². The lowest BCUT2D eigenvalue weighted by Gasteiger charge is -2.39. The number of H-pyrrole nitrogens is 1. The second-order valence-electron chi connectivity index (χ2n) is 9.63. The normalized spacial score (nSPS) is 20.3. The summed E-state index contributed by atoms with van der Waals surface area (Å²) in [7, 11) is 0. The first-order valence-electron chi connectivity index (χ1n) is 10.1. The number of amides is 1. The van der Waals surface area contributed by atoms with Gasteiger partial charge in [-0.2, -0.15) is 0 Å². The standard InChI is InChI=1S/C21H30N4O5/c1-20(2,3)29-18(27)15-8-7-13(12-24(15)19(28)30-21(4,5)6)14-11-17(26)25-16(23-14)9-10-22-25/h9-11,13,15,22H,7-8,12H2,1-6H3. The monoisotopic (exact) mass is 418 g/mol. The minimum atomic E-state index is -0.743. The molecule has 9 nitrogen and oxygen atoms in total. The number of likely N-dealkylation sites (tertiary alicyclic amines) is 1. The van der Waals surface area contributed by atoms with Gasteiger partial charge in [0, 0.05) is 30.8 Å². The van der Waals surface area contributed by atoms with Crippen LogP contribution in [0, 0.1) is 0 Å². The average molecular weight is 418 g/mol. The van der Waals surface area contributed by atoms with Gasteiger partial charge in [-0.25, -0.2) is 19.1 Å². The van der Waals surface area contributed by atoms with E-state index in [-0.39, 0.29) is 18.0 Å². The van der Waals surface area contributed by atoms with Crippen LogP contribution in [0.5, 0.6) is 0 Å². The fourth-order valence-corrected chi connectivity index (χ4v) is 3.51. The summed E-state index contributed by atoms with van der Waals surface area (Å²) in [6, 6.07) is 2.44. The highest BCUT2D eigenvalue weighted by Crippen LogP contribution is 2.31. The summed E-state index contributed by atoms with van der Waals surface area (Å²) in [5.41, 5.74) is -0.489. The average Bonchev–Trinajstić information content (AvgIpc) is 3.07. The number of esters is 1. The third kappa shape index (κ3) is 5.01. The Morgan fingerprint density at radius 2 is 1.77 bits per heavy atom. The summed E-state index contributed by atoms with van der Waals surface area (Å²) >= 11 is 0. The van der Waals surface area contributed by atoms with E-state index in [0.29, 0.717) is 24.2 Å². The summed E-state index contributed by atoms with van der Waals surface area (Å²) in [6.45, 7) is 10.9. The van der Waals surface area contributed by atoms with Crippen molar-refractivity contribution in [3.63, 3.8) is 0 Å². The molecule has 1 fully saturated rings. The Morgan fingerprint density at radius 3 is 2.40 bits per heavy atom. The number of aromatic amines is 1. The van der Waals surface area contributed by atoms with Crippen molar-refractivity contribution >= 4 is 17.7 Å². The fourth-order valence-electron chi connectivity index (χ4n) is 3.51. The van der Waals surface area contributed by atoms with Crippen molar-refractivity contribution in [2.24, 2.45) is 0 Å². The van der Waals surface area contributed by atoms with Gasteiger partial charge in [0.25, 0.3) is 5.56 Å². The zero-order valence-electron chi connectivity index (χ0n) is 18.4. The quantitative estimate of drug-likeness (QED) is 0.752. The lowest BCUT2D eigenvalue weighted by molar-refractivity contribution is -0.162. The van der Waals surface area contributed by atoms with Gasteiger partial charge in [-0.05, 0) is 54.4 Å². The minimum absolute atomic E-state index is 0.191. The number of piperidine rings is 1. The second kappa shape index (κ2) is 7.77. The van der Waals surface area contributed by atoms with Crippen LogP contribution in [0.15, 0.2) is 23.1 Å². The molecule has 1 aliphatic heterocycles. The van der Waals surface area contributed by atoms with Crippen LogP contribution >= 0.6 is 0 Å². The van der Waals surface area contributed by atoms with Gasteiger partial charge in [0.1, 0.15) is 17.2 Å². The molecule has 1 saturated heterocycles. The molecule has 0 bridgehead atoms. The van der Waals surface area contributed by atoms with E-state index in [2.05, 4.69) is 10.1 Å². The number of hydrogen-bond acceptors (Lipinski definition) is 6. The van der Waals surface area contributed by atoms with Gasteiger partial charge >= 0.3 is 12.1 Å². The molecule has 0 radical (unpaired) electrons. The van der Waals surface area contributed by atoms with Crippen molar-refractivity contribution in [2.45, 2.75) is 77.5 Å². The van der Waals surface area contributed by atoms with Crippen LogP contribution in [0.1, 0.15) is 66.0 Å². The molecule has 1 aliphatic rings. The van der Waals surface area contributed by atoms with Gasteiger partial charge in [0.05, 0.1) is 5.69 Å². The highest BCUT2D eigenvalue weighted by molar-refractivity contribution is 5.82. The van der Waals surface area contributed by atoms with E-state index < -0.39 is 29.3 Å². The number of ether oxygens (including phenoxy) is 2. The maximum atomic E-state index is 12.9. The zero-order chi connectivity index (χ0) is 22.3. The Morgan fingerprint density at radius 1 is 1.10 bits per heavy atom. The summed E-state index contributed by atoms with van der Waals surface area (Å²) in [6.07, 6.45) is 2.05. The molecule has 1 N–H and O–H groups in total. The fraction of sp³-hybridized carbons (Fsp3) is 0.619. The van der Waals surface area contributed by atoms with Gasteiger partial charge in [-0.1, -0.05) is 0 Å². The SMILES string of the molecule is CC(C)(C)OC(=O)C1CCC(c2cc(=O)n3[nH]ccc3n2)CN1C(=O)OC(C)(C)C. The van der Waals surface area contributed by atoms with Crippen LogP contribution in [0.2, 0.25) is 0 Å². The first-order chi connectivity index (χ1) is 13.8. The lowest BCUT2D eigenvalue weighted by Crippen LogP contribution is -2.53. The highest BCUT2D eigenvalue weighted by Gasteiger charge is 2.41. The van der Waals surface area contributed by atoms with Crippen LogP contribution in [0.3, 0.4) is 0 Å². The van der Waals surface area contributed by atoms with E-state index in [1.807, 2.05) is 0 Å². The molecule has 164 valence electrons. The molecule has 0 spiro atoms. The van der Waals surface area contributed by atoms with Crippen molar-refractivity contribution in [1.29, 1.82) is 0 Å². The third-order valence-electron chi connectivity index (χ3n) is 4.71. The molecule has 0 aromatic carbocycles. The van der Waals surface area contributed by atoms with Crippen LogP contribution in [-0.4, -0.2) is 55.3 Å². The Kier molecular flexibility index (Phi) is 5.66. The van der Waals surface area contributed by atoms with E-state index in [0.717, 1.165) is 0 Å². The molecular weight excluding hydrogens is 388 g/mol. The molecule has 1 amide bonds. The number of carbonyl (C=O) groups excluding carboxylic acids is 2. The molecule has 30 heavy (non-hydrogen) atoms. The molecule has 2 aromatic rings. The number of fused-ring (bicyclic) bond motifs is 1. The van der Waals surface area contributed by atoms with E-state index in [4.69, 9.17) is 9.47 Å². The van der Waals surface area contributed by atoms with Gasteiger partial charge in [0.15, 0.2) is 5.65 Å². The molecule has 3 rings (SSSR count).